The highest BCUT2D eigenvalue weighted by Gasteiger charge is 2.19. The molecule has 2 atom stereocenters. The first kappa shape index (κ1) is 15.9. The smallest absolute Gasteiger partial charge is 0.204 e. The number of rotatable bonds is 6. The summed E-state index contributed by atoms with van der Waals surface area (Å²) in [4.78, 5) is 8.66. The SMILES string of the molecule is CCCNc1ncnc(NC2CCCC(C)CC2)c1OC. The van der Waals surface area contributed by atoms with Crippen LogP contribution in [0.25, 0.3) is 0 Å². The second kappa shape index (κ2) is 8.05. The van der Waals surface area contributed by atoms with Gasteiger partial charge in [-0.15, -0.1) is 0 Å². The average molecular weight is 292 g/mol. The molecular formula is C16H28N4O. The minimum absolute atomic E-state index is 0.484. The van der Waals surface area contributed by atoms with Gasteiger partial charge >= 0.3 is 0 Å². The molecule has 1 aliphatic carbocycles. The van der Waals surface area contributed by atoms with Crippen molar-refractivity contribution in [1.29, 1.82) is 0 Å². The zero-order valence-corrected chi connectivity index (χ0v) is 13.5. The van der Waals surface area contributed by atoms with E-state index in [4.69, 9.17) is 4.74 Å². The molecule has 118 valence electrons. The lowest BCUT2D eigenvalue weighted by atomic mass is 10.0. The van der Waals surface area contributed by atoms with Gasteiger partial charge < -0.3 is 15.4 Å². The van der Waals surface area contributed by atoms with Crippen LogP contribution in [0, 0.1) is 5.92 Å². The Bertz CT molecular complexity index is 438. The van der Waals surface area contributed by atoms with Crippen LogP contribution in [-0.4, -0.2) is 29.7 Å². The Morgan fingerprint density at radius 1 is 1.19 bits per heavy atom. The van der Waals surface area contributed by atoms with Crippen LogP contribution in [0.4, 0.5) is 11.6 Å². The Balaban J connectivity index is 2.07. The molecule has 1 aromatic heterocycles. The number of hydrogen-bond donors (Lipinski definition) is 2. The molecule has 0 spiro atoms. The molecule has 2 rings (SSSR count). The van der Waals surface area contributed by atoms with Gasteiger partial charge in [-0.2, -0.15) is 0 Å². The molecular weight excluding hydrogens is 264 g/mol. The number of ether oxygens (including phenoxy) is 1. The quantitative estimate of drug-likeness (QED) is 0.783. The molecule has 5 nitrogen and oxygen atoms in total. The number of aromatic nitrogens is 2. The van der Waals surface area contributed by atoms with Crippen molar-refractivity contribution in [2.45, 2.75) is 58.4 Å². The molecule has 5 heteroatoms. The van der Waals surface area contributed by atoms with Crippen molar-refractivity contribution in [3.63, 3.8) is 0 Å². The van der Waals surface area contributed by atoms with E-state index in [0.717, 1.165) is 36.3 Å². The zero-order valence-electron chi connectivity index (χ0n) is 13.5. The van der Waals surface area contributed by atoms with Crippen molar-refractivity contribution in [3.05, 3.63) is 6.33 Å². The maximum absolute atomic E-state index is 5.52. The summed E-state index contributed by atoms with van der Waals surface area (Å²) in [6.45, 7) is 5.36. The van der Waals surface area contributed by atoms with Crippen LogP contribution in [-0.2, 0) is 0 Å². The number of methoxy groups -OCH3 is 1. The minimum Gasteiger partial charge on any atom is -0.490 e. The molecule has 1 saturated carbocycles. The Morgan fingerprint density at radius 2 is 2.00 bits per heavy atom. The number of anilines is 2. The molecule has 0 amide bonds. The summed E-state index contributed by atoms with van der Waals surface area (Å²) >= 11 is 0. The summed E-state index contributed by atoms with van der Waals surface area (Å²) in [5, 5.41) is 6.86. The predicted octanol–water partition coefficient (Wildman–Crippen LogP) is 3.69. The van der Waals surface area contributed by atoms with Gasteiger partial charge in [-0.3, -0.25) is 0 Å². The lowest BCUT2D eigenvalue weighted by Gasteiger charge is -2.20. The van der Waals surface area contributed by atoms with Crippen molar-refractivity contribution >= 4 is 11.6 Å². The summed E-state index contributed by atoms with van der Waals surface area (Å²) in [6, 6.07) is 0.484. The van der Waals surface area contributed by atoms with Gasteiger partial charge in [0.2, 0.25) is 5.75 Å². The Morgan fingerprint density at radius 3 is 2.76 bits per heavy atom. The van der Waals surface area contributed by atoms with Crippen LogP contribution in [0.15, 0.2) is 6.33 Å². The standard InChI is InChI=1S/C16H28N4O/c1-4-10-17-15-14(21-3)16(19-11-18-15)20-13-7-5-6-12(2)8-9-13/h11-13H,4-10H2,1-3H3,(H2,17,18,19,20). The van der Waals surface area contributed by atoms with Crippen molar-refractivity contribution in [2.24, 2.45) is 5.92 Å². The monoisotopic (exact) mass is 292 g/mol. The Kier molecular flexibility index (Phi) is 6.08. The first-order valence-corrected chi connectivity index (χ1v) is 8.14. The third-order valence-corrected chi connectivity index (χ3v) is 4.15. The topological polar surface area (TPSA) is 59.1 Å². The molecule has 1 fully saturated rings. The fraction of sp³-hybridized carbons (Fsp3) is 0.750. The Hall–Kier alpha value is -1.52. The van der Waals surface area contributed by atoms with E-state index in [2.05, 4.69) is 34.4 Å². The van der Waals surface area contributed by atoms with Gasteiger partial charge in [0, 0.05) is 12.6 Å². The summed E-state index contributed by atoms with van der Waals surface area (Å²) in [5.41, 5.74) is 0. The van der Waals surface area contributed by atoms with Crippen LogP contribution in [0.3, 0.4) is 0 Å². The van der Waals surface area contributed by atoms with E-state index in [1.165, 1.54) is 32.1 Å². The first-order chi connectivity index (χ1) is 10.2. The second-order valence-corrected chi connectivity index (χ2v) is 5.99. The van der Waals surface area contributed by atoms with E-state index in [1.807, 2.05) is 0 Å². The summed E-state index contributed by atoms with van der Waals surface area (Å²) in [6.07, 6.45) is 8.96. The molecule has 0 aromatic carbocycles. The molecule has 2 unspecified atom stereocenters. The van der Waals surface area contributed by atoms with Gasteiger partial charge in [-0.25, -0.2) is 9.97 Å². The van der Waals surface area contributed by atoms with Gasteiger partial charge in [0.1, 0.15) is 6.33 Å². The maximum atomic E-state index is 5.52. The van der Waals surface area contributed by atoms with E-state index in [0.29, 0.717) is 6.04 Å². The van der Waals surface area contributed by atoms with E-state index in [-0.39, 0.29) is 0 Å². The number of nitrogens with one attached hydrogen (secondary N) is 2. The molecule has 1 aliphatic rings. The van der Waals surface area contributed by atoms with Gasteiger partial charge in [0.05, 0.1) is 7.11 Å². The molecule has 0 radical (unpaired) electrons. The van der Waals surface area contributed by atoms with Gasteiger partial charge in [0.25, 0.3) is 0 Å². The third-order valence-electron chi connectivity index (χ3n) is 4.15. The third kappa shape index (κ3) is 4.48. The zero-order chi connectivity index (χ0) is 15.1. The molecule has 0 aliphatic heterocycles. The fourth-order valence-corrected chi connectivity index (χ4v) is 2.86. The highest BCUT2D eigenvalue weighted by Crippen LogP contribution is 2.31. The first-order valence-electron chi connectivity index (χ1n) is 8.14. The maximum Gasteiger partial charge on any atom is 0.204 e. The molecule has 1 heterocycles. The summed E-state index contributed by atoms with van der Waals surface area (Å²) in [7, 11) is 1.68. The molecule has 0 saturated heterocycles. The minimum atomic E-state index is 0.484. The van der Waals surface area contributed by atoms with Crippen molar-refractivity contribution < 1.29 is 4.74 Å². The molecule has 21 heavy (non-hydrogen) atoms. The van der Waals surface area contributed by atoms with Gasteiger partial charge in [0.15, 0.2) is 11.6 Å². The highest BCUT2D eigenvalue weighted by atomic mass is 16.5. The number of hydrogen-bond acceptors (Lipinski definition) is 5. The van der Waals surface area contributed by atoms with E-state index in [1.54, 1.807) is 13.4 Å². The number of nitrogens with zero attached hydrogens (tertiary/aromatic N) is 2. The molecule has 0 bridgehead atoms. The van der Waals surface area contributed by atoms with E-state index in [9.17, 15) is 0 Å². The largest absolute Gasteiger partial charge is 0.490 e. The average Bonchev–Trinajstić information content (AvgIpc) is 2.70. The van der Waals surface area contributed by atoms with Crippen LogP contribution in [0.2, 0.25) is 0 Å². The normalized spacial score (nSPS) is 22.4. The van der Waals surface area contributed by atoms with Crippen LogP contribution < -0.4 is 15.4 Å². The second-order valence-electron chi connectivity index (χ2n) is 5.99. The lowest BCUT2D eigenvalue weighted by Crippen LogP contribution is -2.20. The predicted molar refractivity (Wildman–Crippen MR) is 87.0 cm³/mol. The van der Waals surface area contributed by atoms with Crippen LogP contribution in [0.1, 0.15) is 52.4 Å². The molecule has 2 N–H and O–H groups in total. The Labute approximate surface area is 127 Å². The van der Waals surface area contributed by atoms with Crippen LogP contribution in [0.5, 0.6) is 5.75 Å². The van der Waals surface area contributed by atoms with Gasteiger partial charge in [-0.1, -0.05) is 26.7 Å². The lowest BCUT2D eigenvalue weighted by molar-refractivity contribution is 0.413. The molecule has 1 aromatic rings. The van der Waals surface area contributed by atoms with E-state index < -0.39 is 0 Å². The van der Waals surface area contributed by atoms with Crippen molar-refractivity contribution in [3.8, 4) is 5.75 Å². The van der Waals surface area contributed by atoms with Crippen molar-refractivity contribution in [1.82, 2.24) is 9.97 Å². The van der Waals surface area contributed by atoms with Crippen molar-refractivity contribution in [2.75, 3.05) is 24.3 Å². The van der Waals surface area contributed by atoms with E-state index >= 15 is 0 Å². The summed E-state index contributed by atoms with van der Waals surface area (Å²) < 4.78 is 5.52. The fourth-order valence-electron chi connectivity index (χ4n) is 2.86. The van der Waals surface area contributed by atoms with Crippen LogP contribution >= 0.6 is 0 Å². The highest BCUT2D eigenvalue weighted by molar-refractivity contribution is 5.63. The van der Waals surface area contributed by atoms with Gasteiger partial charge in [-0.05, 0) is 31.6 Å². The summed E-state index contributed by atoms with van der Waals surface area (Å²) in [5.74, 6) is 3.15.